The molecule has 0 saturated carbocycles. The summed E-state index contributed by atoms with van der Waals surface area (Å²) in [5.74, 6) is 0. The summed E-state index contributed by atoms with van der Waals surface area (Å²) in [5.41, 5.74) is 2.66. The summed E-state index contributed by atoms with van der Waals surface area (Å²) in [5, 5.41) is 5.37. The van der Waals surface area contributed by atoms with E-state index in [-0.39, 0.29) is 0 Å². The number of halogens is 2. The number of fused-ring (bicyclic) bond motifs is 2. The molecule has 0 atom stereocenters. The van der Waals surface area contributed by atoms with Crippen molar-refractivity contribution in [1.82, 2.24) is 0 Å². The predicted molar refractivity (Wildman–Crippen MR) is 112 cm³/mol. The zero-order valence-corrected chi connectivity index (χ0v) is 17.8. The molecule has 4 aromatic rings. The van der Waals surface area contributed by atoms with Crippen LogP contribution in [-0.4, -0.2) is 4.31 Å². The fourth-order valence-corrected chi connectivity index (χ4v) is 2.49. The zero-order chi connectivity index (χ0) is 18.2. The number of hydrogen-bond donors (Lipinski definition) is 0. The second-order valence-corrected chi connectivity index (χ2v) is 11.9. The molecule has 0 aliphatic carbocycles. The fraction of sp³-hybridized carbons (Fsp3) is 0.136. The Morgan fingerprint density at radius 3 is 1.52 bits per heavy atom. The first-order valence-corrected chi connectivity index (χ1v) is 13.4. The van der Waals surface area contributed by atoms with E-state index < -0.39 is 15.3 Å². The first-order valence-electron chi connectivity index (χ1n) is 8.21. The van der Waals surface area contributed by atoms with Gasteiger partial charge in [0.05, 0.1) is 0 Å². The quantitative estimate of drug-likeness (QED) is 0.210. The molecule has 130 valence electrons. The largest absolute Gasteiger partial charge is 0.168 e. The van der Waals surface area contributed by atoms with Crippen LogP contribution in [-0.2, 0) is 15.3 Å². The number of benzene rings is 2. The molecule has 3 heteroatoms. The molecular formula is C22H22Cl2Ti-2. The molecule has 0 spiro atoms. The Kier molecular flexibility index (Phi) is 8.13. The molecule has 0 aromatic heterocycles. The number of aryl methyl sites for hydroxylation is 2. The van der Waals surface area contributed by atoms with Gasteiger partial charge in [0, 0.05) is 0 Å². The maximum Gasteiger partial charge on any atom is -0.0486 e. The van der Waals surface area contributed by atoms with Crippen LogP contribution in [0.4, 0.5) is 0 Å². The van der Waals surface area contributed by atoms with Crippen molar-refractivity contribution in [3.63, 3.8) is 0 Å². The molecular weight excluding hydrogens is 383 g/mol. The number of hydrogen-bond acceptors (Lipinski definition) is 0. The molecule has 0 N–H and O–H groups in total. The first kappa shape index (κ1) is 20.1. The van der Waals surface area contributed by atoms with Crippen LogP contribution >= 0.6 is 18.6 Å². The third-order valence-corrected chi connectivity index (χ3v) is 6.29. The van der Waals surface area contributed by atoms with Crippen LogP contribution in [0.25, 0.3) is 21.5 Å². The minimum absolute atomic E-state index is 1.33. The summed E-state index contributed by atoms with van der Waals surface area (Å²) >= 11 is -1.54. The third-order valence-electron chi connectivity index (χ3n) is 3.81. The molecule has 0 bridgehead atoms. The van der Waals surface area contributed by atoms with Gasteiger partial charge in [0.2, 0.25) is 0 Å². The van der Waals surface area contributed by atoms with Crippen molar-refractivity contribution in [2.24, 2.45) is 0 Å². The van der Waals surface area contributed by atoms with Crippen LogP contribution in [0, 0.1) is 13.8 Å². The topological polar surface area (TPSA) is 0 Å². The van der Waals surface area contributed by atoms with Crippen molar-refractivity contribution in [3.05, 3.63) is 83.9 Å². The van der Waals surface area contributed by atoms with Gasteiger partial charge < -0.3 is 0 Å². The van der Waals surface area contributed by atoms with Crippen LogP contribution in [0.2, 0.25) is 0 Å². The Hall–Kier alpha value is -1.18. The molecule has 0 aliphatic rings. The molecule has 0 nitrogen and oxygen atoms in total. The van der Waals surface area contributed by atoms with Gasteiger partial charge >= 0.3 is 45.1 Å². The molecule has 0 heterocycles. The van der Waals surface area contributed by atoms with E-state index in [9.17, 15) is 0 Å². The molecule has 0 radical (unpaired) electrons. The summed E-state index contributed by atoms with van der Waals surface area (Å²) in [6, 6.07) is 25.7. The number of rotatable bonds is 0. The molecule has 0 amide bonds. The average Bonchev–Trinajstić information content (AvgIpc) is 3.23. The molecule has 4 aromatic carbocycles. The Balaban J connectivity index is 0.000000144. The maximum atomic E-state index is 5.34. The minimum atomic E-state index is -1.54. The zero-order valence-electron chi connectivity index (χ0n) is 14.8. The van der Waals surface area contributed by atoms with Gasteiger partial charge in [-0.3, -0.25) is 0 Å². The van der Waals surface area contributed by atoms with Crippen LogP contribution < -0.4 is 0 Å². The van der Waals surface area contributed by atoms with Crippen LogP contribution in [0.15, 0.2) is 72.8 Å². The summed E-state index contributed by atoms with van der Waals surface area (Å²) in [4.78, 5) is 0. The van der Waals surface area contributed by atoms with Gasteiger partial charge in [0.1, 0.15) is 0 Å². The van der Waals surface area contributed by atoms with Crippen molar-refractivity contribution in [3.8, 4) is 0 Å². The second kappa shape index (κ2) is 10.1. The van der Waals surface area contributed by atoms with E-state index in [0.717, 1.165) is 0 Å². The summed E-state index contributed by atoms with van der Waals surface area (Å²) in [6.45, 7) is 6.12. The molecule has 0 aliphatic heterocycles. The standard InChI is InChI=1S/2C10H9.C2H4.2ClH.Ti/c2*1-8-5-6-9-3-2-4-10(9)7-8;1-2;;;/h2*2-7H,1H3;1H,2H3;2*1H;/q2*-1;;;;+2/p-2. The molecule has 0 fully saturated rings. The van der Waals surface area contributed by atoms with E-state index >= 15 is 0 Å². The van der Waals surface area contributed by atoms with Gasteiger partial charge in [-0.05, 0) is 13.8 Å². The van der Waals surface area contributed by atoms with Crippen LogP contribution in [0.1, 0.15) is 18.1 Å². The molecule has 4 rings (SSSR count). The molecule has 0 unspecified atom stereocenters. The van der Waals surface area contributed by atoms with E-state index in [1.54, 1.807) is 0 Å². The molecule has 25 heavy (non-hydrogen) atoms. The Morgan fingerprint density at radius 2 is 1.16 bits per heavy atom. The molecule has 0 saturated heterocycles. The predicted octanol–water partition coefficient (Wildman–Crippen LogP) is 7.47. The summed E-state index contributed by atoms with van der Waals surface area (Å²) in [7, 11) is 10.7. The Bertz CT molecular complexity index is 884. The third kappa shape index (κ3) is 6.57. The fourth-order valence-electron chi connectivity index (χ4n) is 2.49. The van der Waals surface area contributed by atoms with E-state index in [2.05, 4.69) is 86.6 Å². The Morgan fingerprint density at radius 1 is 0.760 bits per heavy atom. The van der Waals surface area contributed by atoms with E-state index in [0.29, 0.717) is 0 Å². The summed E-state index contributed by atoms with van der Waals surface area (Å²) in [6.07, 6.45) is 0. The van der Waals surface area contributed by atoms with Crippen molar-refractivity contribution in [1.29, 1.82) is 0 Å². The van der Waals surface area contributed by atoms with Crippen molar-refractivity contribution >= 4 is 44.5 Å². The summed E-state index contributed by atoms with van der Waals surface area (Å²) < 4.78 is 1.86. The van der Waals surface area contributed by atoms with Crippen molar-refractivity contribution in [2.75, 3.05) is 0 Å². The van der Waals surface area contributed by atoms with E-state index in [4.69, 9.17) is 18.6 Å². The van der Waals surface area contributed by atoms with Gasteiger partial charge in [0.25, 0.3) is 0 Å². The smallest absolute Gasteiger partial charge is 0.0486 e. The van der Waals surface area contributed by atoms with Gasteiger partial charge in [0.15, 0.2) is 0 Å². The van der Waals surface area contributed by atoms with Crippen molar-refractivity contribution in [2.45, 2.75) is 20.8 Å². The second-order valence-electron chi connectivity index (χ2n) is 5.89. The average molecular weight is 405 g/mol. The van der Waals surface area contributed by atoms with Gasteiger partial charge in [-0.15, -0.1) is 57.9 Å². The van der Waals surface area contributed by atoms with Gasteiger partial charge in [-0.2, -0.15) is 24.3 Å². The van der Waals surface area contributed by atoms with Gasteiger partial charge in [-0.25, -0.2) is 0 Å². The normalized spacial score (nSPS) is 9.80. The van der Waals surface area contributed by atoms with Crippen LogP contribution in [0.5, 0.6) is 0 Å². The van der Waals surface area contributed by atoms with Crippen molar-refractivity contribution < 1.29 is 15.3 Å². The van der Waals surface area contributed by atoms with E-state index in [1.165, 1.54) is 32.7 Å². The minimum Gasteiger partial charge on any atom is -0.168 e. The van der Waals surface area contributed by atoms with Crippen LogP contribution in [0.3, 0.4) is 0 Å². The SMILES string of the molecule is C[CH]=[Ti]([Cl])[Cl].Cc1ccc2cc[cH-]c2c1.Cc1ccc2cc[cH-]c2c1. The Labute approximate surface area is 163 Å². The monoisotopic (exact) mass is 404 g/mol. The van der Waals surface area contributed by atoms with Gasteiger partial charge in [-0.1, -0.05) is 23.3 Å². The maximum absolute atomic E-state index is 5.34. The first-order chi connectivity index (χ1) is 12.0. The van der Waals surface area contributed by atoms with E-state index in [1.807, 2.05) is 11.2 Å².